The number of carbonyl (C=O) groups is 2. The maximum atomic E-state index is 13.1. The molecule has 1 saturated heterocycles. The van der Waals surface area contributed by atoms with Crippen LogP contribution in [-0.4, -0.2) is 54.1 Å². The van der Waals surface area contributed by atoms with Gasteiger partial charge in [-0.1, -0.05) is 12.1 Å². The van der Waals surface area contributed by atoms with E-state index in [0.29, 0.717) is 43.4 Å². The van der Waals surface area contributed by atoms with Gasteiger partial charge < -0.3 is 29.4 Å². The van der Waals surface area contributed by atoms with E-state index < -0.39 is 0 Å². The average molecular weight is 450 g/mol. The number of carbonyl (C=O) groups excluding carboxylic acids is 2. The van der Waals surface area contributed by atoms with Crippen molar-refractivity contribution >= 4 is 17.5 Å². The predicted octanol–water partition coefficient (Wildman–Crippen LogP) is 2.43. The summed E-state index contributed by atoms with van der Waals surface area (Å²) in [7, 11) is 0. The fraction of sp³-hybridized carbons (Fsp3) is 0.333. The van der Waals surface area contributed by atoms with Crippen molar-refractivity contribution in [3.63, 3.8) is 0 Å². The molecule has 172 valence electrons. The third-order valence-electron chi connectivity index (χ3n) is 5.81. The minimum atomic E-state index is -0.367. The summed E-state index contributed by atoms with van der Waals surface area (Å²) in [4.78, 5) is 27.1. The van der Waals surface area contributed by atoms with Gasteiger partial charge in [0.05, 0.1) is 12.6 Å². The maximum absolute atomic E-state index is 13.1. The number of nitrogens with one attached hydrogen (secondary N) is 2. The molecule has 0 aromatic heterocycles. The van der Waals surface area contributed by atoms with E-state index in [1.54, 1.807) is 30.6 Å². The van der Waals surface area contributed by atoms with Gasteiger partial charge in [0, 0.05) is 24.2 Å². The molecular formula is C24H26N4O5. The Morgan fingerprint density at radius 1 is 1.12 bits per heavy atom. The zero-order valence-corrected chi connectivity index (χ0v) is 18.3. The number of benzene rings is 2. The lowest BCUT2D eigenvalue weighted by atomic mass is 10.0. The zero-order chi connectivity index (χ0) is 22.8. The predicted molar refractivity (Wildman–Crippen MR) is 121 cm³/mol. The van der Waals surface area contributed by atoms with Crippen LogP contribution in [0, 0.1) is 0 Å². The van der Waals surface area contributed by atoms with E-state index in [2.05, 4.69) is 10.7 Å². The fourth-order valence-corrected chi connectivity index (χ4v) is 4.22. The van der Waals surface area contributed by atoms with Crippen LogP contribution < -0.4 is 25.0 Å². The molecule has 3 aliphatic rings. The van der Waals surface area contributed by atoms with Crippen LogP contribution in [0.5, 0.6) is 17.2 Å². The molecule has 9 heteroatoms. The minimum Gasteiger partial charge on any atom is -0.494 e. The van der Waals surface area contributed by atoms with Crippen molar-refractivity contribution in [2.24, 2.45) is 0 Å². The van der Waals surface area contributed by atoms with Crippen LogP contribution in [0.2, 0.25) is 0 Å². The van der Waals surface area contributed by atoms with Crippen molar-refractivity contribution in [3.05, 3.63) is 60.4 Å². The van der Waals surface area contributed by atoms with Crippen molar-refractivity contribution in [3.8, 4) is 17.2 Å². The quantitative estimate of drug-likeness (QED) is 0.698. The number of anilines is 1. The van der Waals surface area contributed by atoms with Crippen LogP contribution in [0.25, 0.3) is 0 Å². The largest absolute Gasteiger partial charge is 0.494 e. The monoisotopic (exact) mass is 450 g/mol. The Kier molecular flexibility index (Phi) is 5.78. The third kappa shape index (κ3) is 4.45. The number of amides is 2. The van der Waals surface area contributed by atoms with E-state index in [9.17, 15) is 9.59 Å². The standard InChI is InChI=1S/C24H26N4O5/c1-2-31-18-6-3-16(4-7-18)19-14-20-24(30)27(9-10-28(20)26-19)15-23(29)25-17-5-8-21-22(13-17)33-12-11-32-21/h3-10,13,19-20,26H,2,11-12,14-15H2,1H3,(H,25,29). The van der Waals surface area contributed by atoms with Crippen LogP contribution in [0.3, 0.4) is 0 Å². The van der Waals surface area contributed by atoms with Gasteiger partial charge in [0.25, 0.3) is 5.91 Å². The van der Waals surface area contributed by atoms with Crippen LogP contribution in [0.4, 0.5) is 5.69 Å². The maximum Gasteiger partial charge on any atom is 0.251 e. The van der Waals surface area contributed by atoms with Gasteiger partial charge in [-0.15, -0.1) is 0 Å². The molecule has 2 N–H and O–H groups in total. The average Bonchev–Trinajstić information content (AvgIpc) is 3.27. The zero-order valence-electron chi connectivity index (χ0n) is 18.3. The Labute approximate surface area is 191 Å². The van der Waals surface area contributed by atoms with Gasteiger partial charge in [-0.2, -0.15) is 0 Å². The highest BCUT2D eigenvalue weighted by Crippen LogP contribution is 2.33. The highest BCUT2D eigenvalue weighted by molar-refractivity contribution is 5.96. The number of rotatable bonds is 6. The number of hydrogen-bond donors (Lipinski definition) is 2. The lowest BCUT2D eigenvalue weighted by molar-refractivity contribution is -0.137. The summed E-state index contributed by atoms with van der Waals surface area (Å²) in [6.45, 7) is 3.48. The lowest BCUT2D eigenvalue weighted by Crippen LogP contribution is -2.49. The summed E-state index contributed by atoms with van der Waals surface area (Å²) in [5.41, 5.74) is 5.04. The summed E-state index contributed by atoms with van der Waals surface area (Å²) in [6, 6.07) is 12.8. The second-order valence-electron chi connectivity index (χ2n) is 8.01. The molecule has 2 aromatic rings. The molecule has 3 aliphatic heterocycles. The first-order chi connectivity index (χ1) is 16.1. The Hall–Kier alpha value is -3.72. The normalized spacial score (nSPS) is 21.1. The Bertz CT molecular complexity index is 1070. The molecule has 33 heavy (non-hydrogen) atoms. The smallest absolute Gasteiger partial charge is 0.251 e. The first-order valence-electron chi connectivity index (χ1n) is 11.1. The number of fused-ring (bicyclic) bond motifs is 2. The number of hydrogen-bond acceptors (Lipinski definition) is 7. The van der Waals surface area contributed by atoms with Gasteiger partial charge in [-0.3, -0.25) is 9.59 Å². The van der Waals surface area contributed by atoms with Gasteiger partial charge in [0.2, 0.25) is 5.91 Å². The number of nitrogens with zero attached hydrogens (tertiary/aromatic N) is 2. The van der Waals surface area contributed by atoms with Crippen LogP contribution >= 0.6 is 0 Å². The summed E-state index contributed by atoms with van der Waals surface area (Å²) < 4.78 is 16.6. The Morgan fingerprint density at radius 2 is 1.91 bits per heavy atom. The molecule has 2 amide bonds. The van der Waals surface area contributed by atoms with Crippen molar-refractivity contribution in [1.82, 2.24) is 15.3 Å². The second-order valence-corrected chi connectivity index (χ2v) is 8.01. The number of hydrazine groups is 1. The van der Waals surface area contributed by atoms with Gasteiger partial charge in [0.15, 0.2) is 11.5 Å². The molecule has 1 fully saturated rings. The van der Waals surface area contributed by atoms with Crippen molar-refractivity contribution in [1.29, 1.82) is 0 Å². The first-order valence-corrected chi connectivity index (χ1v) is 11.1. The SMILES string of the molecule is CCOc1ccc(C2CC3C(=O)N(CC(=O)Nc4ccc5c(c4)OCCO5)C=CN3N2)cc1. The lowest BCUT2D eigenvalue weighted by Gasteiger charge is -2.31. The molecule has 9 nitrogen and oxygen atoms in total. The molecule has 2 unspecified atom stereocenters. The molecule has 0 aliphatic carbocycles. The topological polar surface area (TPSA) is 92.4 Å². The van der Waals surface area contributed by atoms with Crippen molar-refractivity contribution < 1.29 is 23.8 Å². The van der Waals surface area contributed by atoms with Crippen LogP contribution in [0.15, 0.2) is 54.9 Å². The molecule has 0 spiro atoms. The summed E-state index contributed by atoms with van der Waals surface area (Å²) >= 11 is 0. The first kappa shape index (κ1) is 21.1. The summed E-state index contributed by atoms with van der Waals surface area (Å²) in [5, 5.41) is 4.64. The fourth-order valence-electron chi connectivity index (χ4n) is 4.22. The van der Waals surface area contributed by atoms with E-state index in [1.165, 1.54) is 4.90 Å². The summed E-state index contributed by atoms with van der Waals surface area (Å²) in [5.74, 6) is 1.68. The number of ether oxygens (including phenoxy) is 3. The second kappa shape index (κ2) is 9.03. The van der Waals surface area contributed by atoms with Crippen LogP contribution in [-0.2, 0) is 9.59 Å². The van der Waals surface area contributed by atoms with Crippen molar-refractivity contribution in [2.45, 2.75) is 25.4 Å². The molecule has 2 aromatic carbocycles. The molecule has 2 atom stereocenters. The molecule has 5 rings (SSSR count). The molecule has 0 bridgehead atoms. The van der Waals surface area contributed by atoms with Gasteiger partial charge in [-0.25, -0.2) is 5.43 Å². The van der Waals surface area contributed by atoms with E-state index >= 15 is 0 Å². The Balaban J connectivity index is 1.19. The molecule has 3 heterocycles. The summed E-state index contributed by atoms with van der Waals surface area (Å²) in [6.07, 6.45) is 4.05. The van der Waals surface area contributed by atoms with Crippen molar-refractivity contribution in [2.75, 3.05) is 31.7 Å². The Morgan fingerprint density at radius 3 is 2.70 bits per heavy atom. The molecule has 0 saturated carbocycles. The van der Waals surface area contributed by atoms with Gasteiger partial charge >= 0.3 is 0 Å². The van der Waals surface area contributed by atoms with Crippen LogP contribution in [0.1, 0.15) is 24.9 Å². The van der Waals surface area contributed by atoms with E-state index in [4.69, 9.17) is 14.2 Å². The van der Waals surface area contributed by atoms with Gasteiger partial charge in [-0.05, 0) is 43.2 Å². The highest BCUT2D eigenvalue weighted by Gasteiger charge is 2.40. The molecular weight excluding hydrogens is 424 g/mol. The van der Waals surface area contributed by atoms with Gasteiger partial charge in [0.1, 0.15) is 31.5 Å². The van der Waals surface area contributed by atoms with E-state index in [1.807, 2.05) is 36.2 Å². The molecule has 0 radical (unpaired) electrons. The third-order valence-corrected chi connectivity index (χ3v) is 5.81. The van der Waals surface area contributed by atoms with E-state index in [0.717, 1.165) is 11.3 Å². The van der Waals surface area contributed by atoms with E-state index in [-0.39, 0.29) is 30.4 Å². The minimum absolute atomic E-state index is 0.00534. The highest BCUT2D eigenvalue weighted by atomic mass is 16.6.